The molecule has 6 heteroatoms. The van der Waals surface area contributed by atoms with Gasteiger partial charge in [0.25, 0.3) is 0 Å². The normalized spacial score (nSPS) is 10.2. The molecule has 3 N–H and O–H groups in total. The van der Waals surface area contributed by atoms with Gasteiger partial charge in [-0.25, -0.2) is 4.79 Å². The third-order valence-corrected chi connectivity index (χ3v) is 3.72. The Bertz CT molecular complexity index is 614. The Balaban J connectivity index is 2.06. The van der Waals surface area contributed by atoms with Gasteiger partial charge in [0.15, 0.2) is 0 Å². The zero-order valence-electron chi connectivity index (χ0n) is 10.9. The number of ether oxygens (including phenoxy) is 1. The first-order valence-electron chi connectivity index (χ1n) is 5.84. The third kappa shape index (κ3) is 3.42. The van der Waals surface area contributed by atoms with Crippen molar-refractivity contribution in [2.24, 2.45) is 0 Å². The predicted molar refractivity (Wildman–Crippen MR) is 78.2 cm³/mol. The van der Waals surface area contributed by atoms with Crippen LogP contribution in [0.1, 0.15) is 16.1 Å². The van der Waals surface area contributed by atoms with E-state index >= 15 is 0 Å². The Labute approximate surface area is 120 Å². The quantitative estimate of drug-likeness (QED) is 0.650. The lowest BCUT2D eigenvalue weighted by molar-refractivity contribution is 0.0696. The van der Waals surface area contributed by atoms with E-state index in [2.05, 4.69) is 4.98 Å². The van der Waals surface area contributed by atoms with Crippen LogP contribution in [0.4, 0.5) is 5.69 Å². The number of nitrogens with zero attached hydrogens (tertiary/aromatic N) is 1. The minimum Gasteiger partial charge on any atom is -0.496 e. The Morgan fingerprint density at radius 2 is 2.20 bits per heavy atom. The van der Waals surface area contributed by atoms with Crippen LogP contribution in [-0.4, -0.2) is 23.2 Å². The highest BCUT2D eigenvalue weighted by Crippen LogP contribution is 2.32. The van der Waals surface area contributed by atoms with Crippen LogP contribution in [-0.2, 0) is 5.75 Å². The molecule has 2 aromatic rings. The van der Waals surface area contributed by atoms with Crippen molar-refractivity contribution in [3.8, 4) is 5.75 Å². The van der Waals surface area contributed by atoms with Gasteiger partial charge in [0.2, 0.25) is 0 Å². The van der Waals surface area contributed by atoms with Crippen LogP contribution in [0, 0.1) is 0 Å². The average molecular weight is 290 g/mol. The molecule has 0 saturated carbocycles. The summed E-state index contributed by atoms with van der Waals surface area (Å²) in [7, 11) is 1.60. The minimum atomic E-state index is -0.975. The molecule has 1 heterocycles. The second-order valence-corrected chi connectivity index (χ2v) is 5.06. The lowest BCUT2D eigenvalue weighted by atomic mass is 10.2. The van der Waals surface area contributed by atoms with Crippen molar-refractivity contribution in [3.63, 3.8) is 0 Å². The van der Waals surface area contributed by atoms with Gasteiger partial charge in [0, 0.05) is 28.6 Å². The molecule has 0 spiro atoms. The number of nitrogens with two attached hydrogens (primary N) is 1. The molecule has 0 fully saturated rings. The number of aromatic nitrogens is 1. The van der Waals surface area contributed by atoms with Gasteiger partial charge in [0.1, 0.15) is 5.75 Å². The summed E-state index contributed by atoms with van der Waals surface area (Å²) in [6.45, 7) is 0. The van der Waals surface area contributed by atoms with Crippen LogP contribution in [0.3, 0.4) is 0 Å². The van der Waals surface area contributed by atoms with E-state index in [4.69, 9.17) is 15.6 Å². The number of rotatable bonds is 5. The fraction of sp³-hybridized carbons (Fsp3) is 0.143. The lowest BCUT2D eigenvalue weighted by Crippen LogP contribution is -1.98. The Kier molecular flexibility index (Phi) is 4.47. The molecule has 2 rings (SSSR count). The first kappa shape index (κ1) is 14.2. The number of aromatic carboxylic acids is 1. The first-order valence-corrected chi connectivity index (χ1v) is 6.83. The molecule has 1 aromatic heterocycles. The fourth-order valence-corrected chi connectivity index (χ4v) is 2.51. The van der Waals surface area contributed by atoms with Crippen LogP contribution < -0.4 is 10.5 Å². The number of hydrogen-bond donors (Lipinski definition) is 2. The molecule has 0 bridgehead atoms. The highest BCUT2D eigenvalue weighted by atomic mass is 32.2. The van der Waals surface area contributed by atoms with Crippen molar-refractivity contribution < 1.29 is 14.6 Å². The monoisotopic (exact) mass is 290 g/mol. The molecule has 0 aliphatic carbocycles. The maximum Gasteiger partial charge on any atom is 0.337 e. The summed E-state index contributed by atoms with van der Waals surface area (Å²) < 4.78 is 5.27. The SMILES string of the molecule is COc1cc(N)ccc1SCc1ccc(C(=O)O)cn1. The summed E-state index contributed by atoms with van der Waals surface area (Å²) in [5.74, 6) is 0.370. The molecule has 0 amide bonds. The van der Waals surface area contributed by atoms with Crippen molar-refractivity contribution >= 4 is 23.4 Å². The van der Waals surface area contributed by atoms with Gasteiger partial charge in [-0.15, -0.1) is 11.8 Å². The van der Waals surface area contributed by atoms with E-state index in [1.807, 2.05) is 12.1 Å². The molecule has 104 valence electrons. The van der Waals surface area contributed by atoms with Crippen molar-refractivity contribution in [3.05, 3.63) is 47.8 Å². The largest absolute Gasteiger partial charge is 0.496 e. The number of thioether (sulfide) groups is 1. The smallest absolute Gasteiger partial charge is 0.337 e. The predicted octanol–water partition coefficient (Wildman–Crippen LogP) is 2.66. The number of benzene rings is 1. The molecule has 0 saturated heterocycles. The van der Waals surface area contributed by atoms with Gasteiger partial charge in [-0.05, 0) is 24.3 Å². The summed E-state index contributed by atoms with van der Waals surface area (Å²) in [5.41, 5.74) is 7.33. The van der Waals surface area contributed by atoms with E-state index in [0.29, 0.717) is 11.4 Å². The van der Waals surface area contributed by atoms with E-state index in [1.54, 1.807) is 37.1 Å². The molecule has 1 aromatic carbocycles. The fourth-order valence-electron chi connectivity index (χ4n) is 1.59. The molecule has 0 radical (unpaired) electrons. The summed E-state index contributed by atoms with van der Waals surface area (Å²) >= 11 is 1.56. The summed E-state index contributed by atoms with van der Waals surface area (Å²) in [6.07, 6.45) is 1.36. The van der Waals surface area contributed by atoms with E-state index < -0.39 is 5.97 Å². The van der Waals surface area contributed by atoms with Crippen LogP contribution in [0.2, 0.25) is 0 Å². The zero-order chi connectivity index (χ0) is 14.5. The highest BCUT2D eigenvalue weighted by Gasteiger charge is 2.07. The number of carboxylic acids is 1. The van der Waals surface area contributed by atoms with Crippen molar-refractivity contribution in [2.75, 3.05) is 12.8 Å². The second-order valence-electron chi connectivity index (χ2n) is 4.04. The maximum atomic E-state index is 10.7. The van der Waals surface area contributed by atoms with Crippen LogP contribution in [0.25, 0.3) is 0 Å². The molecular weight excluding hydrogens is 276 g/mol. The number of carboxylic acid groups (broad SMARTS) is 1. The lowest BCUT2D eigenvalue weighted by Gasteiger charge is -2.08. The summed E-state index contributed by atoms with van der Waals surface area (Å²) in [6, 6.07) is 8.73. The molecule has 5 nitrogen and oxygen atoms in total. The molecule has 0 aliphatic heterocycles. The van der Waals surface area contributed by atoms with Crippen molar-refractivity contribution in [1.82, 2.24) is 4.98 Å². The van der Waals surface area contributed by atoms with E-state index in [9.17, 15) is 4.79 Å². The zero-order valence-corrected chi connectivity index (χ0v) is 11.7. The van der Waals surface area contributed by atoms with Crippen molar-refractivity contribution in [1.29, 1.82) is 0 Å². The number of pyridine rings is 1. The third-order valence-electron chi connectivity index (χ3n) is 2.63. The topological polar surface area (TPSA) is 85.4 Å². The van der Waals surface area contributed by atoms with Crippen LogP contribution >= 0.6 is 11.8 Å². The maximum absolute atomic E-state index is 10.7. The van der Waals surface area contributed by atoms with Gasteiger partial charge in [-0.1, -0.05) is 0 Å². The van der Waals surface area contributed by atoms with Crippen LogP contribution in [0.5, 0.6) is 5.75 Å². The van der Waals surface area contributed by atoms with Gasteiger partial charge < -0.3 is 15.6 Å². The van der Waals surface area contributed by atoms with E-state index in [-0.39, 0.29) is 5.56 Å². The molecule has 0 aliphatic rings. The number of anilines is 1. The Hall–Kier alpha value is -2.21. The highest BCUT2D eigenvalue weighted by molar-refractivity contribution is 7.98. The summed E-state index contributed by atoms with van der Waals surface area (Å²) in [4.78, 5) is 15.8. The van der Waals surface area contributed by atoms with Crippen molar-refractivity contribution in [2.45, 2.75) is 10.6 Å². The molecular formula is C14H14N2O3S. The van der Waals surface area contributed by atoms with Gasteiger partial charge in [0.05, 0.1) is 18.4 Å². The Morgan fingerprint density at radius 1 is 1.40 bits per heavy atom. The second kappa shape index (κ2) is 6.29. The average Bonchev–Trinajstić information content (AvgIpc) is 2.46. The van der Waals surface area contributed by atoms with Crippen LogP contribution in [0.15, 0.2) is 41.4 Å². The van der Waals surface area contributed by atoms with E-state index in [0.717, 1.165) is 16.3 Å². The summed E-state index contributed by atoms with van der Waals surface area (Å²) in [5, 5.41) is 8.80. The standard InChI is InChI=1S/C14H14N2O3S/c1-19-12-6-10(15)3-5-13(12)20-8-11-4-2-9(7-16-11)14(17)18/h2-7H,8,15H2,1H3,(H,17,18). The molecule has 20 heavy (non-hydrogen) atoms. The van der Waals surface area contributed by atoms with E-state index in [1.165, 1.54) is 6.20 Å². The van der Waals surface area contributed by atoms with Gasteiger partial charge in [-0.3, -0.25) is 4.98 Å². The number of nitrogen functional groups attached to an aromatic ring is 1. The molecule has 0 atom stereocenters. The number of hydrogen-bond acceptors (Lipinski definition) is 5. The van der Waals surface area contributed by atoms with Gasteiger partial charge >= 0.3 is 5.97 Å². The minimum absolute atomic E-state index is 0.184. The number of methoxy groups -OCH3 is 1. The Morgan fingerprint density at radius 3 is 2.80 bits per heavy atom. The van der Waals surface area contributed by atoms with Gasteiger partial charge in [-0.2, -0.15) is 0 Å². The molecule has 0 unspecified atom stereocenters. The number of carbonyl (C=O) groups is 1. The first-order chi connectivity index (χ1) is 9.60.